The van der Waals surface area contributed by atoms with E-state index in [2.05, 4.69) is 186 Å². The Balaban J connectivity index is 0.706. The van der Waals surface area contributed by atoms with Crippen molar-refractivity contribution in [1.29, 1.82) is 0 Å². The summed E-state index contributed by atoms with van der Waals surface area (Å²) in [5, 5.41) is 28.5. The molecule has 0 radical (unpaired) electrons. The maximum Gasteiger partial charge on any atom is 0.196 e. The average Bonchev–Trinajstić information content (AvgIpc) is 3.95. The number of nitrogens with zero attached hydrogens (tertiary/aromatic N) is 9. The molecule has 8 rings (SSSR count). The maximum atomic E-state index is 4.53. The van der Waals surface area contributed by atoms with Gasteiger partial charge in [-0.1, -0.05) is 26.7 Å². The summed E-state index contributed by atoms with van der Waals surface area (Å²) in [6.07, 6.45) is 18.7. The highest BCUT2D eigenvalue weighted by molar-refractivity contribution is 5.64. The summed E-state index contributed by atoms with van der Waals surface area (Å²) in [4.78, 5) is 2.21. The van der Waals surface area contributed by atoms with E-state index < -0.39 is 0 Å². The Bertz CT molecular complexity index is 3000. The molecule has 0 saturated carbocycles. The maximum absolute atomic E-state index is 4.53. The van der Waals surface area contributed by atoms with E-state index in [4.69, 9.17) is 0 Å². The third-order valence-corrected chi connectivity index (χ3v) is 12.2. The van der Waals surface area contributed by atoms with Gasteiger partial charge in [-0.05, 0) is 160 Å². The Labute approximate surface area is 419 Å². The third-order valence-electron chi connectivity index (χ3n) is 12.2. The van der Waals surface area contributed by atoms with Crippen LogP contribution in [-0.4, -0.2) is 34.2 Å². The molecule has 0 spiro atoms. The summed E-state index contributed by atoms with van der Waals surface area (Å²) in [6, 6.07) is 50.1. The molecule has 0 fully saturated rings. The van der Waals surface area contributed by atoms with Crippen molar-refractivity contribution in [2.24, 2.45) is 20.5 Å². The molecular formula is C59H68N12+2. The molecule has 71 heavy (non-hydrogen) atoms. The second kappa shape index (κ2) is 24.9. The van der Waals surface area contributed by atoms with Gasteiger partial charge in [0.2, 0.25) is 0 Å². The van der Waals surface area contributed by atoms with Crippen molar-refractivity contribution in [1.82, 2.24) is 19.4 Å². The number of aryl methyl sites for hydroxylation is 6. The van der Waals surface area contributed by atoms with Gasteiger partial charge in [-0.25, -0.2) is 9.13 Å². The molecule has 8 aromatic rings. The number of hydrogen-bond acceptors (Lipinski definition) is 8. The van der Waals surface area contributed by atoms with Crippen molar-refractivity contribution in [3.05, 3.63) is 206 Å². The molecule has 4 aromatic heterocycles. The van der Waals surface area contributed by atoms with Crippen LogP contribution >= 0.6 is 0 Å². The summed E-state index contributed by atoms with van der Waals surface area (Å²) < 4.78 is 9.01. The van der Waals surface area contributed by atoms with Gasteiger partial charge < -0.3 is 30.0 Å². The molecule has 4 aromatic carbocycles. The predicted molar refractivity (Wildman–Crippen MR) is 289 cm³/mol. The molecule has 0 bridgehead atoms. The van der Waals surface area contributed by atoms with E-state index in [1.807, 2.05) is 91.4 Å². The summed E-state index contributed by atoms with van der Waals surface area (Å²) in [5.41, 5.74) is 14.9. The van der Waals surface area contributed by atoms with Crippen LogP contribution in [0.3, 0.4) is 0 Å². The average molecular weight is 945 g/mol. The van der Waals surface area contributed by atoms with Crippen molar-refractivity contribution in [3.8, 4) is 11.4 Å². The first-order valence-corrected chi connectivity index (χ1v) is 25.0. The molecule has 0 aliphatic heterocycles. The second-order valence-corrected chi connectivity index (χ2v) is 18.0. The second-order valence-electron chi connectivity index (χ2n) is 18.0. The van der Waals surface area contributed by atoms with E-state index in [1.165, 1.54) is 34.2 Å². The number of azo groups is 2. The smallest absolute Gasteiger partial charge is 0.196 e. The lowest BCUT2D eigenvalue weighted by atomic mass is 10.2. The van der Waals surface area contributed by atoms with Gasteiger partial charge in [0, 0.05) is 114 Å². The Morgan fingerprint density at radius 2 is 0.930 bits per heavy atom. The Morgan fingerprint density at radius 1 is 0.507 bits per heavy atom. The minimum atomic E-state index is 0.801. The number of aromatic nitrogens is 4. The molecule has 4 heterocycles. The summed E-state index contributed by atoms with van der Waals surface area (Å²) in [7, 11) is 2.11. The normalized spacial score (nSPS) is 11.6. The van der Waals surface area contributed by atoms with Crippen molar-refractivity contribution in [2.75, 3.05) is 30.8 Å². The van der Waals surface area contributed by atoms with Crippen LogP contribution < -0.4 is 25.1 Å². The monoisotopic (exact) mass is 945 g/mol. The highest BCUT2D eigenvalue weighted by Crippen LogP contribution is 2.27. The van der Waals surface area contributed by atoms with Crippen LogP contribution in [0.25, 0.3) is 11.4 Å². The van der Waals surface area contributed by atoms with Crippen LogP contribution in [0.15, 0.2) is 203 Å². The number of pyridine rings is 2. The minimum Gasteiger partial charge on any atom is -0.389 e. The number of anilines is 4. The number of benzene rings is 4. The van der Waals surface area contributed by atoms with Crippen LogP contribution in [0.5, 0.6) is 0 Å². The van der Waals surface area contributed by atoms with E-state index in [-0.39, 0.29) is 0 Å². The summed E-state index contributed by atoms with van der Waals surface area (Å²) in [6.45, 7) is 12.3. The molecule has 0 atom stereocenters. The third kappa shape index (κ3) is 14.2. The molecular weight excluding hydrogens is 877 g/mol. The van der Waals surface area contributed by atoms with Crippen LogP contribution in [0.2, 0.25) is 0 Å². The highest BCUT2D eigenvalue weighted by atomic mass is 15.1. The molecule has 0 unspecified atom stereocenters. The molecule has 3 N–H and O–H groups in total. The summed E-state index contributed by atoms with van der Waals surface area (Å²) in [5.74, 6) is 0. The van der Waals surface area contributed by atoms with Crippen molar-refractivity contribution >= 4 is 45.5 Å². The van der Waals surface area contributed by atoms with Crippen molar-refractivity contribution < 1.29 is 9.13 Å². The summed E-state index contributed by atoms with van der Waals surface area (Å²) >= 11 is 0. The molecule has 0 saturated heterocycles. The van der Waals surface area contributed by atoms with Crippen LogP contribution in [0, 0.1) is 13.8 Å². The van der Waals surface area contributed by atoms with Gasteiger partial charge in [0.1, 0.15) is 24.5 Å². The lowest BCUT2D eigenvalue weighted by Crippen LogP contribution is -2.34. The Morgan fingerprint density at radius 3 is 1.38 bits per heavy atom. The zero-order valence-electron chi connectivity index (χ0n) is 41.9. The highest BCUT2D eigenvalue weighted by Gasteiger charge is 2.10. The number of hydrogen-bond donors (Lipinski definition) is 3. The Hall–Kier alpha value is -8.12. The Kier molecular flexibility index (Phi) is 17.3. The van der Waals surface area contributed by atoms with Gasteiger partial charge in [0.05, 0.1) is 11.4 Å². The fourth-order valence-electron chi connectivity index (χ4n) is 8.62. The van der Waals surface area contributed by atoms with E-state index in [0.717, 1.165) is 110 Å². The van der Waals surface area contributed by atoms with Crippen LogP contribution in [-0.2, 0) is 25.9 Å². The standard InChI is InChI=1S/C59H68N12/c1-6-12-56-30-16-46(3)70(56)58-32-26-50(27-33-58)61-48-18-22-52(23-19-48)63-65-54-14-8-39-68(44-54)41-10-36-60-37-43-67(5)38-11-42-69-40-9-15-55(45-69)66-64-53-24-20-49(21-25-53)62-51-28-34-59(35-29-51)71-47(4)17-31-57(71)13-7-2/h8-9,14-35,37,39-40,43-45,60-62H,6-7,10-13,36,38,41-42H2,1-5H3/q+2/b43-37-,65-63?,66-64?. The van der Waals surface area contributed by atoms with Gasteiger partial charge in [-0.3, -0.25) is 0 Å². The fourth-order valence-corrected chi connectivity index (χ4v) is 8.62. The van der Waals surface area contributed by atoms with Gasteiger partial charge in [0.25, 0.3) is 0 Å². The predicted octanol–water partition coefficient (Wildman–Crippen LogP) is 14.2. The van der Waals surface area contributed by atoms with Crippen molar-refractivity contribution in [2.45, 2.75) is 79.3 Å². The number of rotatable bonds is 24. The van der Waals surface area contributed by atoms with Gasteiger partial charge in [-0.2, -0.15) is 10.2 Å². The molecule has 0 aliphatic rings. The van der Waals surface area contributed by atoms with Crippen LogP contribution in [0.4, 0.5) is 45.5 Å². The molecule has 362 valence electrons. The largest absolute Gasteiger partial charge is 0.389 e. The van der Waals surface area contributed by atoms with E-state index >= 15 is 0 Å². The topological polar surface area (TPSA) is 106 Å². The van der Waals surface area contributed by atoms with Gasteiger partial charge in [-0.15, -0.1) is 10.2 Å². The SMILES string of the molecule is CCCc1ccc(C)n1-c1ccc(Nc2ccc(N=Nc3ccc[n+](CCCN/C=C\N(C)CCC[n+]4cccc(N=Nc5ccc(Nc6ccc(-n7c(C)ccc7CCC)cc6)cc5)c4)c3)cc2)cc1. The minimum absolute atomic E-state index is 0.801. The molecule has 0 aliphatic carbocycles. The zero-order valence-corrected chi connectivity index (χ0v) is 41.9. The molecule has 12 heteroatoms. The lowest BCUT2D eigenvalue weighted by molar-refractivity contribution is -0.696. The van der Waals surface area contributed by atoms with Crippen molar-refractivity contribution in [3.63, 3.8) is 0 Å². The first-order chi connectivity index (χ1) is 34.8. The quantitative estimate of drug-likeness (QED) is 0.0319. The molecule has 0 amide bonds. The first-order valence-electron chi connectivity index (χ1n) is 25.0. The fraction of sp³-hybridized carbons (Fsp3) is 0.254. The van der Waals surface area contributed by atoms with E-state index in [0.29, 0.717) is 0 Å². The zero-order chi connectivity index (χ0) is 49.2. The molecule has 12 nitrogen and oxygen atoms in total. The van der Waals surface area contributed by atoms with Gasteiger partial charge >= 0.3 is 0 Å². The van der Waals surface area contributed by atoms with Gasteiger partial charge in [0.15, 0.2) is 24.8 Å². The first kappa shape index (κ1) is 49.3. The van der Waals surface area contributed by atoms with Crippen LogP contribution in [0.1, 0.15) is 62.3 Å². The van der Waals surface area contributed by atoms with E-state index in [9.17, 15) is 0 Å². The number of nitrogens with one attached hydrogen (secondary N) is 3. The van der Waals surface area contributed by atoms with E-state index in [1.54, 1.807) is 0 Å². The lowest BCUT2D eigenvalue weighted by Gasteiger charge is -2.13.